The van der Waals surface area contributed by atoms with Gasteiger partial charge >= 0.3 is 0 Å². The zero-order valence-corrected chi connectivity index (χ0v) is 15.0. The van der Waals surface area contributed by atoms with Crippen molar-refractivity contribution < 1.29 is 13.9 Å². The Morgan fingerprint density at radius 2 is 1.96 bits per heavy atom. The molecule has 1 fully saturated rings. The van der Waals surface area contributed by atoms with Gasteiger partial charge in [-0.3, -0.25) is 4.90 Å². The summed E-state index contributed by atoms with van der Waals surface area (Å²) in [5, 5.41) is 9.68. The van der Waals surface area contributed by atoms with Crippen molar-refractivity contribution in [2.45, 2.75) is 13.5 Å². The maximum atomic E-state index is 13.9. The third kappa shape index (κ3) is 4.29. The van der Waals surface area contributed by atoms with Gasteiger partial charge in [-0.05, 0) is 49.7 Å². The molecule has 1 saturated heterocycles. The normalized spacial score (nSPS) is 21.3. The molecular formula is C20H27FN2O2. The van der Waals surface area contributed by atoms with E-state index in [4.69, 9.17) is 4.42 Å². The van der Waals surface area contributed by atoms with Crippen LogP contribution in [-0.2, 0) is 6.54 Å². The van der Waals surface area contributed by atoms with Crippen molar-refractivity contribution in [2.75, 3.05) is 39.8 Å². The van der Waals surface area contributed by atoms with Crippen molar-refractivity contribution in [2.24, 2.45) is 11.8 Å². The number of nitrogens with zero attached hydrogens (tertiary/aromatic N) is 2. The van der Waals surface area contributed by atoms with E-state index >= 15 is 0 Å². The molecule has 0 amide bonds. The second kappa shape index (κ2) is 8.13. The van der Waals surface area contributed by atoms with E-state index in [2.05, 4.69) is 23.8 Å². The maximum absolute atomic E-state index is 13.9. The summed E-state index contributed by atoms with van der Waals surface area (Å²) in [6.45, 7) is 6.89. The molecule has 2 heterocycles. The van der Waals surface area contributed by atoms with E-state index < -0.39 is 0 Å². The topological polar surface area (TPSA) is 39.9 Å². The Kier molecular flexibility index (Phi) is 5.89. The highest BCUT2D eigenvalue weighted by atomic mass is 19.1. The van der Waals surface area contributed by atoms with Gasteiger partial charge in [-0.15, -0.1) is 0 Å². The second-order valence-electron chi connectivity index (χ2n) is 7.00. The molecule has 0 bridgehead atoms. The molecule has 1 aromatic heterocycles. The number of furan rings is 1. The predicted octanol–water partition coefficient (Wildman–Crippen LogP) is 3.08. The first-order chi connectivity index (χ1) is 12.1. The molecule has 0 spiro atoms. The first kappa shape index (κ1) is 18.1. The van der Waals surface area contributed by atoms with E-state index in [9.17, 15) is 9.50 Å². The molecule has 0 aliphatic carbocycles. The van der Waals surface area contributed by atoms with Gasteiger partial charge in [0.2, 0.25) is 0 Å². The van der Waals surface area contributed by atoms with Crippen molar-refractivity contribution in [1.82, 2.24) is 9.80 Å². The average Bonchev–Trinajstić information content (AvgIpc) is 3.22. The molecule has 1 aliphatic heterocycles. The predicted molar refractivity (Wildman–Crippen MR) is 96.6 cm³/mol. The lowest BCUT2D eigenvalue weighted by molar-refractivity contribution is 0.177. The number of halogens is 1. The summed E-state index contributed by atoms with van der Waals surface area (Å²) in [6, 6.07) is 10.4. The first-order valence-electron chi connectivity index (χ1n) is 8.96. The van der Waals surface area contributed by atoms with Crippen LogP contribution in [0.3, 0.4) is 0 Å². The molecule has 5 heteroatoms. The summed E-state index contributed by atoms with van der Waals surface area (Å²) in [6.07, 6.45) is 0. The quantitative estimate of drug-likeness (QED) is 0.836. The maximum Gasteiger partial charge on any atom is 0.137 e. The van der Waals surface area contributed by atoms with Crippen LogP contribution in [0.15, 0.2) is 40.8 Å². The van der Waals surface area contributed by atoms with Crippen LogP contribution in [0.1, 0.15) is 12.7 Å². The van der Waals surface area contributed by atoms with Gasteiger partial charge in [0.25, 0.3) is 0 Å². The largest absolute Gasteiger partial charge is 0.460 e. The van der Waals surface area contributed by atoms with Crippen LogP contribution in [0.5, 0.6) is 0 Å². The van der Waals surface area contributed by atoms with Crippen molar-refractivity contribution in [3.63, 3.8) is 0 Å². The Bertz CT molecular complexity index is 688. The van der Waals surface area contributed by atoms with E-state index in [1.165, 1.54) is 6.07 Å². The molecule has 1 aliphatic rings. The molecule has 0 radical (unpaired) electrons. The van der Waals surface area contributed by atoms with Crippen molar-refractivity contribution >= 4 is 0 Å². The van der Waals surface area contributed by atoms with E-state index in [1.54, 1.807) is 12.1 Å². The van der Waals surface area contributed by atoms with Crippen LogP contribution in [0, 0.1) is 17.7 Å². The molecule has 25 heavy (non-hydrogen) atoms. The lowest BCUT2D eigenvalue weighted by Gasteiger charge is -2.22. The first-order valence-corrected chi connectivity index (χ1v) is 8.96. The minimum Gasteiger partial charge on any atom is -0.460 e. The van der Waals surface area contributed by atoms with Crippen LogP contribution >= 0.6 is 0 Å². The fourth-order valence-corrected chi connectivity index (χ4v) is 3.60. The Labute approximate surface area is 148 Å². The number of benzene rings is 1. The van der Waals surface area contributed by atoms with Crippen LogP contribution < -0.4 is 0 Å². The second-order valence-corrected chi connectivity index (χ2v) is 7.00. The van der Waals surface area contributed by atoms with Crippen LogP contribution in [-0.4, -0.2) is 54.7 Å². The Morgan fingerprint density at radius 1 is 1.20 bits per heavy atom. The monoisotopic (exact) mass is 346 g/mol. The fourth-order valence-electron chi connectivity index (χ4n) is 3.60. The third-order valence-electron chi connectivity index (χ3n) is 5.15. The number of hydrogen-bond acceptors (Lipinski definition) is 4. The number of hydrogen-bond donors (Lipinski definition) is 1. The highest BCUT2D eigenvalue weighted by molar-refractivity contribution is 5.58. The van der Waals surface area contributed by atoms with Gasteiger partial charge in [0.1, 0.15) is 17.3 Å². The van der Waals surface area contributed by atoms with E-state index in [0.717, 1.165) is 31.9 Å². The fraction of sp³-hybridized carbons (Fsp3) is 0.500. The Balaban J connectivity index is 1.64. The van der Waals surface area contributed by atoms with Crippen LogP contribution in [0.25, 0.3) is 11.3 Å². The molecule has 0 saturated carbocycles. The summed E-state index contributed by atoms with van der Waals surface area (Å²) in [7, 11) is 2.12. The van der Waals surface area contributed by atoms with Crippen LogP contribution in [0.2, 0.25) is 0 Å². The molecule has 2 atom stereocenters. The number of rotatable bonds is 7. The summed E-state index contributed by atoms with van der Waals surface area (Å²) in [5.74, 6) is 1.89. The summed E-state index contributed by atoms with van der Waals surface area (Å²) >= 11 is 0. The lowest BCUT2D eigenvalue weighted by atomic mass is 9.96. The minimum atomic E-state index is -0.271. The highest BCUT2D eigenvalue weighted by Gasteiger charge is 2.33. The van der Waals surface area contributed by atoms with Gasteiger partial charge < -0.3 is 14.4 Å². The zero-order chi connectivity index (χ0) is 17.8. The molecule has 136 valence electrons. The Morgan fingerprint density at radius 3 is 2.68 bits per heavy atom. The van der Waals surface area contributed by atoms with Gasteiger partial charge in [0.05, 0.1) is 12.1 Å². The molecule has 0 unspecified atom stereocenters. The van der Waals surface area contributed by atoms with Gasteiger partial charge in [-0.2, -0.15) is 0 Å². The molecule has 1 N–H and O–H groups in total. The van der Waals surface area contributed by atoms with Gasteiger partial charge in [-0.1, -0.05) is 19.1 Å². The SMILES string of the molecule is CCN(C)C[C@@H]1CN(Cc2ccc(-c3ccccc3F)o2)C[C@@H]1CO. The molecule has 2 aromatic rings. The van der Waals surface area contributed by atoms with E-state index in [1.807, 2.05) is 18.2 Å². The third-order valence-corrected chi connectivity index (χ3v) is 5.15. The van der Waals surface area contributed by atoms with Crippen LogP contribution in [0.4, 0.5) is 4.39 Å². The van der Waals surface area contributed by atoms with E-state index in [-0.39, 0.29) is 12.4 Å². The van der Waals surface area contributed by atoms with Crippen molar-refractivity contribution in [3.8, 4) is 11.3 Å². The van der Waals surface area contributed by atoms with Crippen molar-refractivity contribution in [3.05, 3.63) is 48.0 Å². The Hall–Kier alpha value is -1.69. The molecule has 4 nitrogen and oxygen atoms in total. The van der Waals surface area contributed by atoms with E-state index in [0.29, 0.717) is 29.7 Å². The summed E-state index contributed by atoms with van der Waals surface area (Å²) in [5.41, 5.74) is 0.492. The number of likely N-dealkylation sites (tertiary alicyclic amines) is 1. The summed E-state index contributed by atoms with van der Waals surface area (Å²) in [4.78, 5) is 4.61. The van der Waals surface area contributed by atoms with Gasteiger partial charge in [0, 0.05) is 26.2 Å². The van der Waals surface area contributed by atoms with Crippen molar-refractivity contribution in [1.29, 1.82) is 0 Å². The number of aliphatic hydroxyl groups excluding tert-OH is 1. The standard InChI is InChI=1S/C20H27FN2O2/c1-3-22(2)10-15-11-23(12-16(15)14-24)13-17-8-9-20(25-17)18-6-4-5-7-19(18)21/h4-9,15-16,24H,3,10-14H2,1-2H3/t15-,16-/m1/s1. The van der Waals surface area contributed by atoms with Gasteiger partial charge in [-0.25, -0.2) is 4.39 Å². The van der Waals surface area contributed by atoms with Gasteiger partial charge in [0.15, 0.2) is 0 Å². The summed E-state index contributed by atoms with van der Waals surface area (Å²) < 4.78 is 19.8. The highest BCUT2D eigenvalue weighted by Crippen LogP contribution is 2.28. The lowest BCUT2D eigenvalue weighted by Crippen LogP contribution is -2.31. The number of aliphatic hydroxyl groups is 1. The smallest absolute Gasteiger partial charge is 0.137 e. The average molecular weight is 346 g/mol. The molecule has 1 aromatic carbocycles. The zero-order valence-electron chi connectivity index (χ0n) is 15.0. The molecule has 3 rings (SSSR count). The molecular weight excluding hydrogens is 319 g/mol. The minimum absolute atomic E-state index is 0.220.